The van der Waals surface area contributed by atoms with Gasteiger partial charge in [0, 0.05) is 24.8 Å². The maximum absolute atomic E-state index is 13.2. The van der Waals surface area contributed by atoms with Gasteiger partial charge in [0.05, 0.1) is 18.3 Å². The Kier molecular flexibility index (Phi) is 4.68. The summed E-state index contributed by atoms with van der Waals surface area (Å²) in [6, 6.07) is 4.69. The van der Waals surface area contributed by atoms with Crippen LogP contribution in [0, 0.1) is 0 Å². The zero-order valence-corrected chi connectivity index (χ0v) is 16.7. The van der Waals surface area contributed by atoms with Crippen molar-refractivity contribution in [2.45, 2.75) is 43.8 Å². The number of aromatic nitrogens is 6. The molecule has 158 valence electrons. The van der Waals surface area contributed by atoms with E-state index in [1.54, 1.807) is 23.9 Å². The lowest BCUT2D eigenvalue weighted by Gasteiger charge is -2.26. The Balaban J connectivity index is 1.45. The molecule has 0 saturated carbocycles. The zero-order valence-electron chi connectivity index (χ0n) is 15.8. The minimum atomic E-state index is -4.64. The summed E-state index contributed by atoms with van der Waals surface area (Å²) in [6.45, 7) is 1.01. The van der Waals surface area contributed by atoms with Gasteiger partial charge in [-0.05, 0) is 36.3 Å². The van der Waals surface area contributed by atoms with Crippen molar-refractivity contribution < 1.29 is 13.2 Å². The Morgan fingerprint density at radius 1 is 1.20 bits per heavy atom. The molecule has 0 spiro atoms. The standard InChI is InChI=1S/C18H18F3N7OS/c19-18(20,21)17-23-22-14-3-4-15(25-28(14)17)26-6-1-2-12(26)9-27-16(29)8-11-10-30-7-5-13(11)24-27/h3-4,8,12H,1-2,5-7,9-10H2. The molecule has 2 aliphatic heterocycles. The Bertz CT molecular complexity index is 1160. The second-order valence-electron chi connectivity index (χ2n) is 7.41. The molecule has 0 bridgehead atoms. The highest BCUT2D eigenvalue weighted by Gasteiger charge is 2.38. The highest BCUT2D eigenvalue weighted by molar-refractivity contribution is 7.98. The molecular formula is C18H18F3N7OS. The molecule has 5 rings (SSSR count). The van der Waals surface area contributed by atoms with Crippen LogP contribution in [0.3, 0.4) is 0 Å². The van der Waals surface area contributed by atoms with Crippen molar-refractivity contribution in [2.75, 3.05) is 17.2 Å². The average molecular weight is 437 g/mol. The lowest BCUT2D eigenvalue weighted by Crippen LogP contribution is -2.38. The van der Waals surface area contributed by atoms with Crippen LogP contribution in [-0.2, 0) is 24.9 Å². The van der Waals surface area contributed by atoms with Crippen LogP contribution in [0.4, 0.5) is 19.0 Å². The minimum Gasteiger partial charge on any atom is -0.350 e. The van der Waals surface area contributed by atoms with Crippen LogP contribution in [0.2, 0.25) is 0 Å². The average Bonchev–Trinajstić information content (AvgIpc) is 3.34. The number of aryl methyl sites for hydroxylation is 1. The topological polar surface area (TPSA) is 81.2 Å². The number of anilines is 1. The smallest absolute Gasteiger partial charge is 0.350 e. The maximum Gasteiger partial charge on any atom is 0.453 e. The molecule has 1 unspecified atom stereocenters. The van der Waals surface area contributed by atoms with Crippen molar-refractivity contribution in [2.24, 2.45) is 0 Å². The van der Waals surface area contributed by atoms with Crippen LogP contribution < -0.4 is 10.5 Å². The number of rotatable bonds is 3. The van der Waals surface area contributed by atoms with E-state index in [9.17, 15) is 18.0 Å². The van der Waals surface area contributed by atoms with Gasteiger partial charge in [-0.2, -0.15) is 34.5 Å². The zero-order chi connectivity index (χ0) is 20.9. The van der Waals surface area contributed by atoms with Crippen molar-refractivity contribution >= 4 is 23.2 Å². The molecule has 12 heteroatoms. The number of hydrogen-bond acceptors (Lipinski definition) is 7. The summed E-state index contributed by atoms with van der Waals surface area (Å²) in [5.74, 6) is 1.04. The van der Waals surface area contributed by atoms with E-state index in [2.05, 4.69) is 20.4 Å². The van der Waals surface area contributed by atoms with Crippen molar-refractivity contribution in [3.63, 3.8) is 0 Å². The molecule has 0 aromatic carbocycles. The minimum absolute atomic E-state index is 0.0345. The van der Waals surface area contributed by atoms with E-state index in [0.29, 0.717) is 18.9 Å². The van der Waals surface area contributed by atoms with Gasteiger partial charge in [-0.1, -0.05) is 0 Å². The quantitative estimate of drug-likeness (QED) is 0.621. The molecule has 1 saturated heterocycles. The normalized spacial score (nSPS) is 19.4. The van der Waals surface area contributed by atoms with Crippen molar-refractivity contribution in [3.05, 3.63) is 45.6 Å². The Morgan fingerprint density at radius 2 is 2.07 bits per heavy atom. The summed E-state index contributed by atoms with van der Waals surface area (Å²) in [7, 11) is 0. The fraction of sp³-hybridized carbons (Fsp3) is 0.500. The first-order chi connectivity index (χ1) is 14.4. The number of fused-ring (bicyclic) bond motifs is 2. The van der Waals surface area contributed by atoms with E-state index < -0.39 is 12.0 Å². The van der Waals surface area contributed by atoms with Gasteiger partial charge in [-0.15, -0.1) is 15.3 Å². The Hall–Kier alpha value is -2.63. The lowest BCUT2D eigenvalue weighted by molar-refractivity contribution is -0.146. The first kappa shape index (κ1) is 19.3. The van der Waals surface area contributed by atoms with Gasteiger partial charge in [-0.25, -0.2) is 4.68 Å². The second kappa shape index (κ2) is 7.25. The molecular weight excluding hydrogens is 419 g/mol. The van der Waals surface area contributed by atoms with Gasteiger partial charge in [0.1, 0.15) is 5.82 Å². The van der Waals surface area contributed by atoms with Crippen LogP contribution >= 0.6 is 11.8 Å². The van der Waals surface area contributed by atoms with Gasteiger partial charge in [0.15, 0.2) is 5.65 Å². The molecule has 5 heterocycles. The summed E-state index contributed by atoms with van der Waals surface area (Å²) in [6.07, 6.45) is -2.15. The van der Waals surface area contributed by atoms with Crippen LogP contribution in [0.5, 0.6) is 0 Å². The van der Waals surface area contributed by atoms with E-state index in [0.717, 1.165) is 46.5 Å². The highest BCUT2D eigenvalue weighted by atomic mass is 32.2. The summed E-state index contributed by atoms with van der Waals surface area (Å²) >= 11 is 1.79. The third-order valence-electron chi connectivity index (χ3n) is 5.46. The first-order valence-electron chi connectivity index (χ1n) is 9.64. The Morgan fingerprint density at radius 3 is 2.90 bits per heavy atom. The summed E-state index contributed by atoms with van der Waals surface area (Å²) < 4.78 is 41.8. The predicted molar refractivity (Wildman–Crippen MR) is 105 cm³/mol. The third kappa shape index (κ3) is 3.42. The van der Waals surface area contributed by atoms with Gasteiger partial charge in [0.2, 0.25) is 0 Å². The molecule has 30 heavy (non-hydrogen) atoms. The molecule has 0 amide bonds. The van der Waals surface area contributed by atoms with Crippen molar-refractivity contribution in [3.8, 4) is 0 Å². The van der Waals surface area contributed by atoms with Crippen molar-refractivity contribution in [1.29, 1.82) is 0 Å². The molecule has 8 nitrogen and oxygen atoms in total. The highest BCUT2D eigenvalue weighted by Crippen LogP contribution is 2.29. The van der Waals surface area contributed by atoms with Gasteiger partial charge in [-0.3, -0.25) is 4.79 Å². The monoisotopic (exact) mass is 437 g/mol. The van der Waals surface area contributed by atoms with Crippen LogP contribution in [0.15, 0.2) is 23.0 Å². The molecule has 0 N–H and O–H groups in total. The first-order valence-corrected chi connectivity index (χ1v) is 10.8. The number of thioether (sulfide) groups is 1. The molecule has 3 aromatic rings. The summed E-state index contributed by atoms with van der Waals surface area (Å²) in [5, 5.41) is 15.5. The van der Waals surface area contributed by atoms with Crippen LogP contribution in [0.25, 0.3) is 5.65 Å². The third-order valence-corrected chi connectivity index (χ3v) is 6.47. The van der Waals surface area contributed by atoms with Crippen LogP contribution in [0.1, 0.15) is 29.9 Å². The Labute approximate surface area is 173 Å². The van der Waals surface area contributed by atoms with Crippen molar-refractivity contribution in [1.82, 2.24) is 29.6 Å². The van der Waals surface area contributed by atoms with Gasteiger partial charge >= 0.3 is 6.18 Å². The predicted octanol–water partition coefficient (Wildman–Crippen LogP) is 2.16. The van der Waals surface area contributed by atoms with Gasteiger partial charge in [0.25, 0.3) is 11.4 Å². The number of nitrogens with zero attached hydrogens (tertiary/aromatic N) is 7. The lowest BCUT2D eigenvalue weighted by atomic mass is 10.2. The molecule has 0 aliphatic carbocycles. The molecule has 1 fully saturated rings. The summed E-state index contributed by atoms with van der Waals surface area (Å²) in [5.41, 5.74) is 1.84. The fourth-order valence-corrected chi connectivity index (χ4v) is 4.97. The molecule has 0 radical (unpaired) electrons. The molecule has 2 aliphatic rings. The number of alkyl halides is 3. The maximum atomic E-state index is 13.2. The summed E-state index contributed by atoms with van der Waals surface area (Å²) in [4.78, 5) is 14.5. The molecule has 1 atom stereocenters. The van der Waals surface area contributed by atoms with E-state index in [1.807, 2.05) is 4.90 Å². The second-order valence-corrected chi connectivity index (χ2v) is 8.52. The van der Waals surface area contributed by atoms with Gasteiger partial charge < -0.3 is 4.90 Å². The van der Waals surface area contributed by atoms with E-state index in [1.165, 1.54) is 10.7 Å². The van der Waals surface area contributed by atoms with E-state index in [4.69, 9.17) is 0 Å². The molecule has 3 aromatic heterocycles. The fourth-order valence-electron chi connectivity index (χ4n) is 4.02. The van der Waals surface area contributed by atoms with E-state index >= 15 is 0 Å². The largest absolute Gasteiger partial charge is 0.453 e. The number of halogens is 3. The van der Waals surface area contributed by atoms with E-state index in [-0.39, 0.29) is 17.2 Å². The number of hydrogen-bond donors (Lipinski definition) is 0. The van der Waals surface area contributed by atoms with Crippen LogP contribution in [-0.4, -0.2) is 47.9 Å². The SMILES string of the molecule is O=c1cc2c(nn1CC1CCCN1c1ccc3nnc(C(F)(F)F)n3n1)CCSC2.